The number of benzene rings is 1. The van der Waals surface area contributed by atoms with Gasteiger partial charge in [-0.05, 0) is 50.5 Å². The third-order valence-electron chi connectivity index (χ3n) is 5.94. The van der Waals surface area contributed by atoms with Gasteiger partial charge in [0.25, 0.3) is 0 Å². The number of rotatable bonds is 4. The number of hydrogen-bond donors (Lipinski definition) is 1. The number of nitrogens with zero attached hydrogens (tertiary/aromatic N) is 5. The first-order valence-corrected chi connectivity index (χ1v) is 10.9. The third-order valence-corrected chi connectivity index (χ3v) is 5.94. The molecular formula is C23H28N6O. The Morgan fingerprint density at radius 2 is 1.77 bits per heavy atom. The molecule has 0 saturated carbocycles. The lowest BCUT2D eigenvalue weighted by Gasteiger charge is -2.35. The van der Waals surface area contributed by atoms with E-state index in [1.54, 1.807) is 0 Å². The summed E-state index contributed by atoms with van der Waals surface area (Å²) in [6.45, 7) is 6.39. The molecule has 2 saturated heterocycles. The fourth-order valence-electron chi connectivity index (χ4n) is 4.26. The van der Waals surface area contributed by atoms with Crippen LogP contribution in [0.15, 0.2) is 42.5 Å². The summed E-state index contributed by atoms with van der Waals surface area (Å²) in [7, 11) is 0. The van der Waals surface area contributed by atoms with Crippen LogP contribution in [-0.4, -0.2) is 53.8 Å². The zero-order valence-electron chi connectivity index (χ0n) is 17.4. The molecule has 2 aliphatic heterocycles. The lowest BCUT2D eigenvalue weighted by molar-refractivity contribution is 0.122. The molecule has 0 aliphatic carbocycles. The Balaban J connectivity index is 1.57. The number of hydrogen-bond acceptors (Lipinski definition) is 7. The SMILES string of the molecule is CC1CCCCN1c1nc(N2CCOCC2)c2ccc(Nc3ccccc3)nc2n1. The largest absolute Gasteiger partial charge is 0.378 e. The standard InChI is InChI=1S/C23H28N6O/c1-17-7-5-6-12-29(17)23-26-21-19(22(27-23)28-13-15-30-16-14-28)10-11-20(25-21)24-18-8-3-2-4-9-18/h2-4,8-11,17H,5-7,12-16H2,1H3,(H,24,25,26,27). The number of aromatic nitrogens is 3. The Morgan fingerprint density at radius 1 is 0.933 bits per heavy atom. The summed E-state index contributed by atoms with van der Waals surface area (Å²) in [4.78, 5) is 19.5. The van der Waals surface area contributed by atoms with Crippen LogP contribution in [0.3, 0.4) is 0 Å². The molecule has 1 unspecified atom stereocenters. The summed E-state index contributed by atoms with van der Waals surface area (Å²) < 4.78 is 5.56. The van der Waals surface area contributed by atoms with Crippen molar-refractivity contribution in [3.8, 4) is 0 Å². The molecule has 1 aromatic carbocycles. The lowest BCUT2D eigenvalue weighted by Crippen LogP contribution is -2.40. The van der Waals surface area contributed by atoms with E-state index in [-0.39, 0.29) is 0 Å². The normalized spacial score (nSPS) is 19.8. The van der Waals surface area contributed by atoms with Gasteiger partial charge in [0.05, 0.1) is 18.6 Å². The van der Waals surface area contributed by atoms with E-state index in [9.17, 15) is 0 Å². The van der Waals surface area contributed by atoms with Gasteiger partial charge >= 0.3 is 0 Å². The van der Waals surface area contributed by atoms with Crippen molar-refractivity contribution in [2.75, 3.05) is 48.0 Å². The summed E-state index contributed by atoms with van der Waals surface area (Å²) in [5.74, 6) is 2.55. The van der Waals surface area contributed by atoms with Crippen molar-refractivity contribution in [3.05, 3.63) is 42.5 Å². The van der Waals surface area contributed by atoms with Crippen LogP contribution >= 0.6 is 0 Å². The Kier molecular flexibility index (Phi) is 5.36. The van der Waals surface area contributed by atoms with E-state index in [4.69, 9.17) is 19.7 Å². The smallest absolute Gasteiger partial charge is 0.229 e. The molecule has 0 bridgehead atoms. The predicted molar refractivity (Wildman–Crippen MR) is 121 cm³/mol. The number of morpholine rings is 1. The van der Waals surface area contributed by atoms with Crippen molar-refractivity contribution in [2.24, 2.45) is 0 Å². The second-order valence-corrected chi connectivity index (χ2v) is 8.04. The van der Waals surface area contributed by atoms with Crippen LogP contribution in [0.5, 0.6) is 0 Å². The van der Waals surface area contributed by atoms with Crippen molar-refractivity contribution in [3.63, 3.8) is 0 Å². The molecule has 0 amide bonds. The van der Waals surface area contributed by atoms with Crippen molar-refractivity contribution >= 4 is 34.3 Å². The Bertz CT molecular complexity index is 1010. The van der Waals surface area contributed by atoms with Gasteiger partial charge in [-0.2, -0.15) is 9.97 Å². The predicted octanol–water partition coefficient (Wildman–Crippen LogP) is 3.98. The van der Waals surface area contributed by atoms with E-state index in [0.717, 1.165) is 67.2 Å². The number of nitrogens with one attached hydrogen (secondary N) is 1. The van der Waals surface area contributed by atoms with Gasteiger partial charge in [-0.25, -0.2) is 4.98 Å². The third kappa shape index (κ3) is 3.89. The summed E-state index contributed by atoms with van der Waals surface area (Å²) in [6, 6.07) is 14.6. The lowest BCUT2D eigenvalue weighted by atomic mass is 10.0. The monoisotopic (exact) mass is 404 g/mol. The number of pyridine rings is 1. The minimum Gasteiger partial charge on any atom is -0.378 e. The van der Waals surface area contributed by atoms with Crippen LogP contribution in [0.1, 0.15) is 26.2 Å². The van der Waals surface area contributed by atoms with Crippen LogP contribution in [0, 0.1) is 0 Å². The second-order valence-electron chi connectivity index (χ2n) is 8.04. The summed E-state index contributed by atoms with van der Waals surface area (Å²) in [6.07, 6.45) is 3.63. The number of piperidine rings is 1. The second kappa shape index (κ2) is 8.44. The molecule has 2 fully saturated rings. The maximum atomic E-state index is 5.56. The average molecular weight is 405 g/mol. The van der Waals surface area contributed by atoms with Gasteiger partial charge < -0.3 is 19.9 Å². The highest BCUT2D eigenvalue weighted by molar-refractivity contribution is 5.89. The zero-order chi connectivity index (χ0) is 20.3. The van der Waals surface area contributed by atoms with Gasteiger partial charge in [0.1, 0.15) is 11.6 Å². The van der Waals surface area contributed by atoms with Crippen molar-refractivity contribution in [1.82, 2.24) is 15.0 Å². The highest BCUT2D eigenvalue weighted by Gasteiger charge is 2.24. The molecule has 7 nitrogen and oxygen atoms in total. The van der Waals surface area contributed by atoms with E-state index in [1.165, 1.54) is 19.3 Å². The molecular weight excluding hydrogens is 376 g/mol. The number of fused-ring (bicyclic) bond motifs is 1. The van der Waals surface area contributed by atoms with Crippen LogP contribution in [0.4, 0.5) is 23.3 Å². The van der Waals surface area contributed by atoms with E-state index >= 15 is 0 Å². The van der Waals surface area contributed by atoms with Crippen LogP contribution in [-0.2, 0) is 4.74 Å². The number of para-hydroxylation sites is 1. The highest BCUT2D eigenvalue weighted by atomic mass is 16.5. The van der Waals surface area contributed by atoms with E-state index < -0.39 is 0 Å². The van der Waals surface area contributed by atoms with Crippen molar-refractivity contribution in [2.45, 2.75) is 32.2 Å². The molecule has 2 aromatic heterocycles. The first-order valence-electron chi connectivity index (χ1n) is 10.9. The number of anilines is 4. The molecule has 0 spiro atoms. The van der Waals surface area contributed by atoms with Gasteiger partial charge in [0.2, 0.25) is 5.95 Å². The zero-order valence-corrected chi connectivity index (χ0v) is 17.4. The molecule has 1 atom stereocenters. The summed E-state index contributed by atoms with van der Waals surface area (Å²) in [5, 5.41) is 4.37. The van der Waals surface area contributed by atoms with Crippen molar-refractivity contribution in [1.29, 1.82) is 0 Å². The minimum absolute atomic E-state index is 0.444. The molecule has 3 aromatic rings. The minimum atomic E-state index is 0.444. The highest BCUT2D eigenvalue weighted by Crippen LogP contribution is 2.30. The first kappa shape index (κ1) is 19.1. The quantitative estimate of drug-likeness (QED) is 0.705. The van der Waals surface area contributed by atoms with Gasteiger partial charge in [0.15, 0.2) is 5.65 Å². The van der Waals surface area contributed by atoms with Gasteiger partial charge in [0, 0.05) is 31.4 Å². The van der Waals surface area contributed by atoms with Crippen LogP contribution in [0.2, 0.25) is 0 Å². The summed E-state index contributed by atoms with van der Waals surface area (Å²) in [5.41, 5.74) is 1.75. The molecule has 0 radical (unpaired) electrons. The van der Waals surface area contributed by atoms with E-state index in [0.29, 0.717) is 6.04 Å². The average Bonchev–Trinajstić information content (AvgIpc) is 2.80. The van der Waals surface area contributed by atoms with Gasteiger partial charge in [-0.3, -0.25) is 0 Å². The molecule has 1 N–H and O–H groups in total. The topological polar surface area (TPSA) is 66.4 Å². The van der Waals surface area contributed by atoms with Crippen molar-refractivity contribution < 1.29 is 4.74 Å². The maximum absolute atomic E-state index is 5.56. The summed E-state index contributed by atoms with van der Waals surface area (Å²) >= 11 is 0. The Morgan fingerprint density at radius 3 is 2.57 bits per heavy atom. The van der Waals surface area contributed by atoms with Gasteiger partial charge in [-0.15, -0.1) is 0 Å². The fraction of sp³-hybridized carbons (Fsp3) is 0.435. The van der Waals surface area contributed by atoms with Crippen LogP contribution < -0.4 is 15.1 Å². The molecule has 7 heteroatoms. The van der Waals surface area contributed by atoms with Gasteiger partial charge in [-0.1, -0.05) is 18.2 Å². The van der Waals surface area contributed by atoms with Crippen LogP contribution in [0.25, 0.3) is 11.0 Å². The maximum Gasteiger partial charge on any atom is 0.229 e. The first-order chi connectivity index (χ1) is 14.8. The Labute approximate surface area is 177 Å². The van der Waals surface area contributed by atoms with E-state index in [1.807, 2.05) is 36.4 Å². The Hall–Kier alpha value is -2.93. The fourth-order valence-corrected chi connectivity index (χ4v) is 4.26. The molecule has 30 heavy (non-hydrogen) atoms. The molecule has 156 valence electrons. The molecule has 4 heterocycles. The van der Waals surface area contributed by atoms with E-state index in [2.05, 4.69) is 28.1 Å². The molecule has 5 rings (SSSR count). The molecule has 2 aliphatic rings. The number of ether oxygens (including phenoxy) is 1.